The predicted molar refractivity (Wildman–Crippen MR) is 86.7 cm³/mol. The number of allylic oxidation sites excluding steroid dienone is 2. The molecule has 0 aromatic heterocycles. The van der Waals surface area contributed by atoms with Crippen molar-refractivity contribution in [3.05, 3.63) is 41.5 Å². The van der Waals surface area contributed by atoms with Gasteiger partial charge in [-0.05, 0) is 49.7 Å². The van der Waals surface area contributed by atoms with Crippen molar-refractivity contribution >= 4 is 11.5 Å². The molecule has 1 saturated carbocycles. The van der Waals surface area contributed by atoms with E-state index in [9.17, 15) is 4.79 Å². The van der Waals surface area contributed by atoms with Gasteiger partial charge >= 0.3 is 5.97 Å². The number of hydrogen-bond acceptors (Lipinski definition) is 2. The minimum absolute atomic E-state index is 0.0299. The maximum Gasteiger partial charge on any atom is 0.309 e. The van der Waals surface area contributed by atoms with Crippen LogP contribution >= 0.6 is 0 Å². The standard InChI is InChI=1S/C19H26O2/c1-6-21-18(20)17-16(19(17,4)5)12-13(2)14(3)15-10-8-7-9-11-15/h7-11,16-17H,6,12H2,1-5H3/b14-13-. The number of carbonyl (C=O) groups excluding carboxylic acids is 1. The van der Waals surface area contributed by atoms with E-state index in [2.05, 4.69) is 52.0 Å². The molecule has 1 fully saturated rings. The summed E-state index contributed by atoms with van der Waals surface area (Å²) in [5.41, 5.74) is 4.01. The Balaban J connectivity index is 2.10. The molecule has 0 N–H and O–H groups in total. The zero-order valence-electron chi connectivity index (χ0n) is 13.8. The highest BCUT2D eigenvalue weighted by molar-refractivity contribution is 5.78. The first-order valence-corrected chi connectivity index (χ1v) is 7.78. The van der Waals surface area contributed by atoms with Gasteiger partial charge < -0.3 is 4.74 Å². The molecule has 1 aliphatic rings. The van der Waals surface area contributed by atoms with E-state index < -0.39 is 0 Å². The van der Waals surface area contributed by atoms with E-state index in [1.807, 2.05) is 13.0 Å². The van der Waals surface area contributed by atoms with Crippen molar-refractivity contribution in [2.24, 2.45) is 17.3 Å². The second-order valence-electron chi connectivity index (χ2n) is 6.63. The van der Waals surface area contributed by atoms with E-state index in [0.29, 0.717) is 12.5 Å². The van der Waals surface area contributed by atoms with Gasteiger partial charge in [-0.3, -0.25) is 4.79 Å². The summed E-state index contributed by atoms with van der Waals surface area (Å²) in [6.07, 6.45) is 0.969. The van der Waals surface area contributed by atoms with E-state index >= 15 is 0 Å². The maximum atomic E-state index is 12.0. The van der Waals surface area contributed by atoms with Gasteiger partial charge in [0, 0.05) is 0 Å². The van der Waals surface area contributed by atoms with Crippen molar-refractivity contribution in [2.45, 2.75) is 41.0 Å². The molecule has 0 bridgehead atoms. The van der Waals surface area contributed by atoms with Crippen molar-refractivity contribution < 1.29 is 9.53 Å². The van der Waals surface area contributed by atoms with Gasteiger partial charge in [-0.1, -0.05) is 49.8 Å². The van der Waals surface area contributed by atoms with Crippen LogP contribution in [0.5, 0.6) is 0 Å². The molecule has 0 saturated heterocycles. The SMILES string of the molecule is CCOC(=O)C1C(C/C(C)=C(/C)c2ccccc2)C1(C)C. The Hall–Kier alpha value is -1.57. The fraction of sp³-hybridized carbons (Fsp3) is 0.526. The Bertz CT molecular complexity index is 540. The lowest BCUT2D eigenvalue weighted by molar-refractivity contribution is -0.145. The second kappa shape index (κ2) is 6.05. The van der Waals surface area contributed by atoms with Gasteiger partial charge in [0.05, 0.1) is 12.5 Å². The minimum atomic E-state index is -0.0299. The van der Waals surface area contributed by atoms with Crippen LogP contribution in [-0.4, -0.2) is 12.6 Å². The third kappa shape index (κ3) is 3.20. The molecule has 0 spiro atoms. The fourth-order valence-corrected chi connectivity index (χ4v) is 3.24. The highest BCUT2D eigenvalue weighted by Crippen LogP contribution is 2.61. The molecule has 1 aromatic carbocycles. The van der Waals surface area contributed by atoms with Crippen molar-refractivity contribution in [3.63, 3.8) is 0 Å². The van der Waals surface area contributed by atoms with Crippen molar-refractivity contribution in [1.29, 1.82) is 0 Å². The van der Waals surface area contributed by atoms with Gasteiger partial charge in [-0.25, -0.2) is 0 Å². The second-order valence-corrected chi connectivity index (χ2v) is 6.63. The van der Waals surface area contributed by atoms with E-state index in [0.717, 1.165) is 6.42 Å². The normalized spacial score (nSPS) is 24.2. The number of hydrogen-bond donors (Lipinski definition) is 0. The molecule has 2 unspecified atom stereocenters. The summed E-state index contributed by atoms with van der Waals surface area (Å²) >= 11 is 0. The predicted octanol–water partition coefficient (Wildman–Crippen LogP) is 4.71. The summed E-state index contributed by atoms with van der Waals surface area (Å²) in [5, 5.41) is 0. The Morgan fingerprint density at radius 2 is 1.81 bits per heavy atom. The smallest absolute Gasteiger partial charge is 0.309 e. The molecule has 2 rings (SSSR count). The van der Waals surface area contributed by atoms with Crippen molar-refractivity contribution in [1.82, 2.24) is 0 Å². The topological polar surface area (TPSA) is 26.3 Å². The summed E-state index contributed by atoms with van der Waals surface area (Å²) in [6.45, 7) is 11.0. The molecule has 2 heteroatoms. The average molecular weight is 286 g/mol. The van der Waals surface area contributed by atoms with Crippen LogP contribution in [0.1, 0.15) is 46.6 Å². The lowest BCUT2D eigenvalue weighted by Crippen LogP contribution is -2.10. The third-order valence-electron chi connectivity index (χ3n) is 4.96. The molecule has 0 aliphatic heterocycles. The highest BCUT2D eigenvalue weighted by Gasteiger charge is 2.62. The van der Waals surface area contributed by atoms with Crippen LogP contribution in [0.25, 0.3) is 5.57 Å². The van der Waals surface area contributed by atoms with E-state index in [4.69, 9.17) is 4.74 Å². The van der Waals surface area contributed by atoms with Crippen LogP contribution in [0, 0.1) is 17.3 Å². The molecule has 114 valence electrons. The number of esters is 1. The quantitative estimate of drug-likeness (QED) is 0.733. The lowest BCUT2D eigenvalue weighted by atomic mass is 9.96. The van der Waals surface area contributed by atoms with Gasteiger partial charge in [0.1, 0.15) is 0 Å². The van der Waals surface area contributed by atoms with Gasteiger partial charge in [0.15, 0.2) is 0 Å². The number of ether oxygens (including phenoxy) is 1. The first kappa shape index (κ1) is 15.8. The lowest BCUT2D eigenvalue weighted by Gasteiger charge is -2.09. The Morgan fingerprint density at radius 3 is 2.38 bits per heavy atom. The molecule has 2 atom stereocenters. The maximum absolute atomic E-state index is 12.0. The van der Waals surface area contributed by atoms with E-state index in [-0.39, 0.29) is 17.3 Å². The molecule has 0 amide bonds. The summed E-state index contributed by atoms with van der Waals surface area (Å²) in [7, 11) is 0. The van der Waals surface area contributed by atoms with E-state index in [1.165, 1.54) is 16.7 Å². The average Bonchev–Trinajstić information content (AvgIpc) is 3.00. The molecule has 1 aliphatic carbocycles. The van der Waals surface area contributed by atoms with Gasteiger partial charge in [-0.15, -0.1) is 0 Å². The van der Waals surface area contributed by atoms with Gasteiger partial charge in [-0.2, -0.15) is 0 Å². The Morgan fingerprint density at radius 1 is 1.19 bits per heavy atom. The van der Waals surface area contributed by atoms with Crippen LogP contribution in [0.4, 0.5) is 0 Å². The number of rotatable bonds is 5. The van der Waals surface area contributed by atoms with Crippen molar-refractivity contribution in [2.75, 3.05) is 6.61 Å². The molecular weight excluding hydrogens is 260 g/mol. The van der Waals surface area contributed by atoms with Crippen LogP contribution in [0.15, 0.2) is 35.9 Å². The first-order chi connectivity index (χ1) is 9.89. The fourth-order valence-electron chi connectivity index (χ4n) is 3.24. The molecule has 21 heavy (non-hydrogen) atoms. The van der Waals surface area contributed by atoms with Crippen LogP contribution < -0.4 is 0 Å². The zero-order valence-corrected chi connectivity index (χ0v) is 13.8. The summed E-state index contributed by atoms with van der Waals surface area (Å²) in [6, 6.07) is 10.4. The number of carbonyl (C=O) groups is 1. The molecule has 0 heterocycles. The highest BCUT2D eigenvalue weighted by atomic mass is 16.5. The zero-order chi connectivity index (χ0) is 15.6. The molecule has 2 nitrogen and oxygen atoms in total. The largest absolute Gasteiger partial charge is 0.466 e. The molecule has 1 aromatic rings. The van der Waals surface area contributed by atoms with Crippen LogP contribution in [-0.2, 0) is 9.53 Å². The monoisotopic (exact) mass is 286 g/mol. The minimum Gasteiger partial charge on any atom is -0.466 e. The van der Waals surface area contributed by atoms with Crippen molar-refractivity contribution in [3.8, 4) is 0 Å². The Kier molecular flexibility index (Phi) is 4.55. The van der Waals surface area contributed by atoms with Gasteiger partial charge in [0.2, 0.25) is 0 Å². The van der Waals surface area contributed by atoms with E-state index in [1.54, 1.807) is 0 Å². The summed E-state index contributed by atoms with van der Waals surface area (Å²) in [5.74, 6) is 0.420. The summed E-state index contributed by atoms with van der Waals surface area (Å²) < 4.78 is 5.20. The molecular formula is C19H26O2. The first-order valence-electron chi connectivity index (χ1n) is 7.78. The van der Waals surface area contributed by atoms with Crippen LogP contribution in [0.2, 0.25) is 0 Å². The summed E-state index contributed by atoms with van der Waals surface area (Å²) in [4.78, 5) is 12.0. The van der Waals surface area contributed by atoms with Gasteiger partial charge in [0.25, 0.3) is 0 Å². The Labute approximate surface area is 128 Å². The molecule has 0 radical (unpaired) electrons. The van der Waals surface area contributed by atoms with Crippen LogP contribution in [0.3, 0.4) is 0 Å². The number of benzene rings is 1. The third-order valence-corrected chi connectivity index (χ3v) is 4.96.